The lowest BCUT2D eigenvalue weighted by Crippen LogP contribution is -2.26. The number of aromatic nitrogens is 2. The first-order chi connectivity index (χ1) is 10.5. The highest BCUT2D eigenvalue weighted by Crippen LogP contribution is 2.30. The SMILES string of the molecule is Cc1c(-c2ccc(C(C)C)cc2)nc2n1CCC(C(=O)O)C2. The molecule has 0 saturated carbocycles. The first-order valence-electron chi connectivity index (χ1n) is 7.86. The summed E-state index contributed by atoms with van der Waals surface area (Å²) in [5, 5.41) is 9.20. The van der Waals surface area contributed by atoms with Gasteiger partial charge in [-0.3, -0.25) is 4.79 Å². The minimum Gasteiger partial charge on any atom is -0.481 e. The Labute approximate surface area is 130 Å². The standard InChI is InChI=1S/C18H22N2O2/c1-11(2)13-4-6-14(7-5-13)17-12(3)20-9-8-15(18(21)22)10-16(20)19-17/h4-7,11,15H,8-10H2,1-3H3,(H,21,22). The van der Waals surface area contributed by atoms with Crippen molar-refractivity contribution in [2.75, 3.05) is 0 Å². The second-order valence-corrected chi connectivity index (χ2v) is 6.42. The molecule has 2 aromatic rings. The van der Waals surface area contributed by atoms with E-state index in [2.05, 4.69) is 49.6 Å². The van der Waals surface area contributed by atoms with Crippen molar-refractivity contribution < 1.29 is 9.90 Å². The maximum absolute atomic E-state index is 11.2. The molecule has 4 nitrogen and oxygen atoms in total. The molecular weight excluding hydrogens is 276 g/mol. The van der Waals surface area contributed by atoms with Crippen LogP contribution >= 0.6 is 0 Å². The van der Waals surface area contributed by atoms with E-state index < -0.39 is 5.97 Å². The van der Waals surface area contributed by atoms with Crippen LogP contribution in [0.1, 0.15) is 43.3 Å². The molecule has 4 heteroatoms. The molecule has 1 aromatic heterocycles. The molecule has 22 heavy (non-hydrogen) atoms. The van der Waals surface area contributed by atoms with Gasteiger partial charge >= 0.3 is 5.97 Å². The van der Waals surface area contributed by atoms with Gasteiger partial charge in [0.2, 0.25) is 0 Å². The number of benzene rings is 1. The number of fused-ring (bicyclic) bond motifs is 1. The van der Waals surface area contributed by atoms with E-state index in [-0.39, 0.29) is 5.92 Å². The molecule has 1 aliphatic rings. The van der Waals surface area contributed by atoms with Gasteiger partial charge in [0.05, 0.1) is 11.6 Å². The van der Waals surface area contributed by atoms with E-state index in [4.69, 9.17) is 4.98 Å². The average Bonchev–Trinajstić information content (AvgIpc) is 2.84. The Balaban J connectivity index is 1.94. The van der Waals surface area contributed by atoms with E-state index in [1.54, 1.807) is 0 Å². The number of nitrogens with zero attached hydrogens (tertiary/aromatic N) is 2. The number of imidazole rings is 1. The summed E-state index contributed by atoms with van der Waals surface area (Å²) < 4.78 is 2.17. The zero-order chi connectivity index (χ0) is 15.9. The minimum absolute atomic E-state index is 0.300. The molecule has 0 bridgehead atoms. The van der Waals surface area contributed by atoms with Crippen LogP contribution in [0.25, 0.3) is 11.3 Å². The summed E-state index contributed by atoms with van der Waals surface area (Å²) >= 11 is 0. The molecule has 2 heterocycles. The van der Waals surface area contributed by atoms with Crippen LogP contribution in [0.4, 0.5) is 0 Å². The lowest BCUT2D eigenvalue weighted by molar-refractivity contribution is -0.142. The van der Waals surface area contributed by atoms with Crippen molar-refractivity contribution in [3.63, 3.8) is 0 Å². The van der Waals surface area contributed by atoms with Crippen LogP contribution in [0.5, 0.6) is 0 Å². The number of carboxylic acids is 1. The molecule has 1 aliphatic heterocycles. The highest BCUT2D eigenvalue weighted by Gasteiger charge is 2.27. The van der Waals surface area contributed by atoms with Crippen LogP contribution in [0.3, 0.4) is 0 Å². The Hall–Kier alpha value is -2.10. The predicted molar refractivity (Wildman–Crippen MR) is 85.9 cm³/mol. The third kappa shape index (κ3) is 2.54. The van der Waals surface area contributed by atoms with Gasteiger partial charge in [-0.05, 0) is 24.8 Å². The van der Waals surface area contributed by atoms with Gasteiger partial charge in [-0.15, -0.1) is 0 Å². The number of rotatable bonds is 3. The fourth-order valence-electron chi connectivity index (χ4n) is 3.16. The zero-order valence-electron chi connectivity index (χ0n) is 13.3. The van der Waals surface area contributed by atoms with Crippen molar-refractivity contribution in [1.82, 2.24) is 9.55 Å². The Morgan fingerprint density at radius 3 is 2.59 bits per heavy atom. The maximum atomic E-state index is 11.2. The smallest absolute Gasteiger partial charge is 0.307 e. The van der Waals surface area contributed by atoms with Crippen LogP contribution in [0.2, 0.25) is 0 Å². The van der Waals surface area contributed by atoms with E-state index in [1.807, 2.05) is 0 Å². The average molecular weight is 298 g/mol. The lowest BCUT2D eigenvalue weighted by atomic mass is 9.98. The van der Waals surface area contributed by atoms with Crippen LogP contribution < -0.4 is 0 Å². The van der Waals surface area contributed by atoms with Gasteiger partial charge in [-0.1, -0.05) is 38.1 Å². The van der Waals surface area contributed by atoms with Gasteiger partial charge in [-0.2, -0.15) is 0 Å². The Bertz CT molecular complexity index is 699. The number of aliphatic carboxylic acids is 1. The molecule has 0 fully saturated rings. The molecule has 0 aliphatic carbocycles. The summed E-state index contributed by atoms with van der Waals surface area (Å²) in [5.74, 6) is 0.404. The molecule has 0 amide bonds. The quantitative estimate of drug-likeness (QED) is 0.941. The number of carbonyl (C=O) groups is 1. The summed E-state index contributed by atoms with van der Waals surface area (Å²) in [5.41, 5.74) is 4.54. The topological polar surface area (TPSA) is 55.1 Å². The van der Waals surface area contributed by atoms with E-state index in [1.165, 1.54) is 5.56 Å². The Morgan fingerprint density at radius 2 is 2.00 bits per heavy atom. The van der Waals surface area contributed by atoms with Crippen LogP contribution in [0, 0.1) is 12.8 Å². The third-order valence-electron chi connectivity index (χ3n) is 4.63. The molecular formula is C18H22N2O2. The van der Waals surface area contributed by atoms with Crippen molar-refractivity contribution in [2.24, 2.45) is 5.92 Å². The molecule has 0 spiro atoms. The van der Waals surface area contributed by atoms with E-state index >= 15 is 0 Å². The second kappa shape index (κ2) is 5.59. The highest BCUT2D eigenvalue weighted by molar-refractivity contribution is 5.70. The summed E-state index contributed by atoms with van der Waals surface area (Å²) in [6.45, 7) is 7.18. The second-order valence-electron chi connectivity index (χ2n) is 6.42. The molecule has 3 rings (SSSR count). The van der Waals surface area contributed by atoms with Crippen LogP contribution in [-0.2, 0) is 17.8 Å². The largest absolute Gasteiger partial charge is 0.481 e. The zero-order valence-corrected chi connectivity index (χ0v) is 13.3. The van der Waals surface area contributed by atoms with Gasteiger partial charge in [0.25, 0.3) is 0 Å². The first-order valence-corrected chi connectivity index (χ1v) is 7.86. The van der Waals surface area contributed by atoms with Gasteiger partial charge in [-0.25, -0.2) is 4.98 Å². The maximum Gasteiger partial charge on any atom is 0.307 e. The first kappa shape index (κ1) is 14.8. The monoisotopic (exact) mass is 298 g/mol. The summed E-state index contributed by atoms with van der Waals surface area (Å²) in [6, 6.07) is 8.53. The number of hydrogen-bond donors (Lipinski definition) is 1. The summed E-state index contributed by atoms with van der Waals surface area (Å²) in [7, 11) is 0. The van der Waals surface area contributed by atoms with E-state index in [9.17, 15) is 9.90 Å². The van der Waals surface area contributed by atoms with Crippen LogP contribution in [0.15, 0.2) is 24.3 Å². The highest BCUT2D eigenvalue weighted by atomic mass is 16.4. The van der Waals surface area contributed by atoms with Crippen molar-refractivity contribution >= 4 is 5.97 Å². The molecule has 1 aromatic carbocycles. The number of carboxylic acid groups (broad SMARTS) is 1. The molecule has 116 valence electrons. The van der Waals surface area contributed by atoms with Crippen molar-refractivity contribution in [3.8, 4) is 11.3 Å². The molecule has 0 saturated heterocycles. The van der Waals surface area contributed by atoms with Crippen LogP contribution in [-0.4, -0.2) is 20.6 Å². The summed E-state index contributed by atoms with van der Waals surface area (Å²) in [6.07, 6.45) is 1.21. The molecule has 1 atom stereocenters. The Kier molecular flexibility index (Phi) is 3.77. The molecule has 1 N–H and O–H groups in total. The van der Waals surface area contributed by atoms with Crippen molar-refractivity contribution in [1.29, 1.82) is 0 Å². The summed E-state index contributed by atoms with van der Waals surface area (Å²) in [4.78, 5) is 15.9. The third-order valence-corrected chi connectivity index (χ3v) is 4.63. The van der Waals surface area contributed by atoms with E-state index in [0.29, 0.717) is 18.8 Å². The van der Waals surface area contributed by atoms with Crippen molar-refractivity contribution in [3.05, 3.63) is 41.3 Å². The molecule has 0 radical (unpaired) electrons. The van der Waals surface area contributed by atoms with Gasteiger partial charge in [0.1, 0.15) is 5.82 Å². The van der Waals surface area contributed by atoms with Gasteiger partial charge in [0, 0.05) is 24.2 Å². The van der Waals surface area contributed by atoms with Crippen molar-refractivity contribution in [2.45, 2.75) is 46.1 Å². The lowest BCUT2D eigenvalue weighted by Gasteiger charge is -2.20. The van der Waals surface area contributed by atoms with E-state index in [0.717, 1.165) is 29.3 Å². The number of hydrogen-bond acceptors (Lipinski definition) is 2. The predicted octanol–water partition coefficient (Wildman–Crippen LogP) is 3.63. The van der Waals surface area contributed by atoms with Gasteiger partial charge < -0.3 is 9.67 Å². The molecule has 1 unspecified atom stereocenters. The Morgan fingerprint density at radius 1 is 1.32 bits per heavy atom. The minimum atomic E-state index is -0.713. The fraction of sp³-hybridized carbons (Fsp3) is 0.444. The fourth-order valence-corrected chi connectivity index (χ4v) is 3.16. The normalized spacial score (nSPS) is 17.5. The van der Waals surface area contributed by atoms with Gasteiger partial charge in [0.15, 0.2) is 0 Å².